The normalized spacial score (nSPS) is 23.5. The molecule has 15 heavy (non-hydrogen) atoms. The first-order chi connectivity index (χ1) is 7.06. The third-order valence-electron chi connectivity index (χ3n) is 3.69. The molecule has 0 spiro atoms. The maximum Gasteiger partial charge on any atom is 0.309 e. The van der Waals surface area contributed by atoms with E-state index in [4.69, 9.17) is 4.74 Å². The van der Waals surface area contributed by atoms with Gasteiger partial charge in [-0.05, 0) is 38.8 Å². The van der Waals surface area contributed by atoms with E-state index in [0.29, 0.717) is 6.04 Å². The molecule has 3 heteroatoms. The fourth-order valence-corrected chi connectivity index (χ4v) is 2.13. The van der Waals surface area contributed by atoms with E-state index in [1.807, 2.05) is 6.92 Å². The maximum absolute atomic E-state index is 11.4. The summed E-state index contributed by atoms with van der Waals surface area (Å²) in [5.74, 6) is 0.714. The van der Waals surface area contributed by atoms with Crippen molar-refractivity contribution in [3.05, 3.63) is 0 Å². The zero-order valence-corrected chi connectivity index (χ0v) is 10.3. The van der Waals surface area contributed by atoms with Crippen molar-refractivity contribution < 1.29 is 9.53 Å². The van der Waals surface area contributed by atoms with Gasteiger partial charge >= 0.3 is 5.97 Å². The number of nitrogens with zero attached hydrogens (tertiary/aromatic N) is 1. The molecule has 1 aliphatic heterocycles. The minimum atomic E-state index is -0.0962. The molecule has 1 saturated heterocycles. The largest absolute Gasteiger partial charge is 0.469 e. The van der Waals surface area contributed by atoms with Crippen LogP contribution in [0.5, 0.6) is 0 Å². The molecule has 0 saturated carbocycles. The average molecular weight is 213 g/mol. The van der Waals surface area contributed by atoms with Crippen LogP contribution >= 0.6 is 0 Å². The zero-order chi connectivity index (χ0) is 11.4. The minimum Gasteiger partial charge on any atom is -0.469 e. The summed E-state index contributed by atoms with van der Waals surface area (Å²) in [7, 11) is 1.46. The predicted molar refractivity (Wildman–Crippen MR) is 60.6 cm³/mol. The smallest absolute Gasteiger partial charge is 0.309 e. The van der Waals surface area contributed by atoms with E-state index in [0.717, 1.165) is 19.0 Å². The van der Waals surface area contributed by atoms with Crippen molar-refractivity contribution in [2.75, 3.05) is 20.2 Å². The lowest BCUT2D eigenvalue weighted by molar-refractivity contribution is -0.147. The maximum atomic E-state index is 11.4. The molecular weight excluding hydrogens is 190 g/mol. The monoisotopic (exact) mass is 213 g/mol. The summed E-state index contributed by atoms with van der Waals surface area (Å²) in [5, 5.41) is 0. The molecule has 0 amide bonds. The van der Waals surface area contributed by atoms with Gasteiger partial charge in [-0.3, -0.25) is 9.69 Å². The van der Waals surface area contributed by atoms with E-state index in [9.17, 15) is 4.79 Å². The van der Waals surface area contributed by atoms with Crippen molar-refractivity contribution in [3.8, 4) is 0 Å². The second kappa shape index (κ2) is 5.50. The molecule has 1 rings (SSSR count). The fraction of sp³-hybridized carbons (Fsp3) is 0.917. The van der Waals surface area contributed by atoms with Gasteiger partial charge in [-0.2, -0.15) is 0 Å². The summed E-state index contributed by atoms with van der Waals surface area (Å²) in [4.78, 5) is 13.8. The Morgan fingerprint density at radius 3 is 2.33 bits per heavy atom. The average Bonchev–Trinajstić information content (AvgIpc) is 2.27. The Morgan fingerprint density at radius 1 is 1.33 bits per heavy atom. The van der Waals surface area contributed by atoms with Gasteiger partial charge in [0.05, 0.1) is 13.0 Å². The van der Waals surface area contributed by atoms with Crippen LogP contribution in [0.2, 0.25) is 0 Å². The number of methoxy groups -OCH3 is 1. The molecule has 1 fully saturated rings. The van der Waals surface area contributed by atoms with Gasteiger partial charge in [-0.15, -0.1) is 0 Å². The van der Waals surface area contributed by atoms with Gasteiger partial charge in [0.15, 0.2) is 0 Å². The van der Waals surface area contributed by atoms with Gasteiger partial charge in [0.2, 0.25) is 0 Å². The van der Waals surface area contributed by atoms with Crippen LogP contribution in [0.3, 0.4) is 0 Å². The molecule has 0 radical (unpaired) electrons. The molecular formula is C12H23NO2. The van der Waals surface area contributed by atoms with E-state index < -0.39 is 0 Å². The van der Waals surface area contributed by atoms with Gasteiger partial charge < -0.3 is 4.74 Å². The molecule has 88 valence electrons. The number of hydrogen-bond acceptors (Lipinski definition) is 3. The van der Waals surface area contributed by atoms with E-state index in [1.54, 1.807) is 0 Å². The minimum absolute atomic E-state index is 0.0246. The highest BCUT2D eigenvalue weighted by Gasteiger charge is 2.28. The first-order valence-electron chi connectivity index (χ1n) is 5.88. The van der Waals surface area contributed by atoms with Crippen LogP contribution in [0, 0.1) is 11.8 Å². The first-order valence-corrected chi connectivity index (χ1v) is 5.88. The lowest BCUT2D eigenvalue weighted by Gasteiger charge is -2.36. The molecule has 2 unspecified atom stereocenters. The summed E-state index contributed by atoms with van der Waals surface area (Å²) in [6.45, 7) is 8.60. The Kier molecular flexibility index (Phi) is 4.58. The van der Waals surface area contributed by atoms with Crippen LogP contribution in [0.4, 0.5) is 0 Å². The van der Waals surface area contributed by atoms with E-state index in [1.165, 1.54) is 20.0 Å². The Labute approximate surface area is 92.8 Å². The topological polar surface area (TPSA) is 29.5 Å². The molecule has 3 nitrogen and oxygen atoms in total. The third-order valence-corrected chi connectivity index (χ3v) is 3.69. The van der Waals surface area contributed by atoms with Gasteiger partial charge in [0.25, 0.3) is 0 Å². The van der Waals surface area contributed by atoms with E-state index in [2.05, 4.69) is 18.7 Å². The molecule has 0 bridgehead atoms. The highest BCUT2D eigenvalue weighted by atomic mass is 16.5. The van der Waals surface area contributed by atoms with Crippen molar-refractivity contribution >= 4 is 5.97 Å². The first kappa shape index (κ1) is 12.5. The number of piperidine rings is 1. The molecule has 1 aliphatic rings. The molecule has 0 aromatic carbocycles. The van der Waals surface area contributed by atoms with Gasteiger partial charge in [-0.1, -0.05) is 13.8 Å². The molecule has 0 N–H and O–H groups in total. The number of hydrogen-bond donors (Lipinski definition) is 0. The summed E-state index contributed by atoms with van der Waals surface area (Å²) in [5.41, 5.74) is 0. The van der Waals surface area contributed by atoms with Gasteiger partial charge in [-0.25, -0.2) is 0 Å². The fourth-order valence-electron chi connectivity index (χ4n) is 2.13. The Hall–Kier alpha value is -0.570. The zero-order valence-electron chi connectivity index (χ0n) is 10.3. The number of carbonyl (C=O) groups excluding carboxylic acids is 1. The van der Waals surface area contributed by atoms with Crippen molar-refractivity contribution in [2.24, 2.45) is 11.8 Å². The molecule has 0 aromatic heterocycles. The summed E-state index contributed by atoms with van der Waals surface area (Å²) in [6, 6.07) is 0.296. The highest BCUT2D eigenvalue weighted by Crippen LogP contribution is 2.21. The van der Waals surface area contributed by atoms with Crippen LogP contribution in [0.25, 0.3) is 0 Å². The molecule has 1 heterocycles. The van der Waals surface area contributed by atoms with Crippen LogP contribution in [0.15, 0.2) is 0 Å². The summed E-state index contributed by atoms with van der Waals surface area (Å²) in [6.07, 6.45) is 2.50. The van der Waals surface area contributed by atoms with E-state index in [-0.39, 0.29) is 11.9 Å². The molecule has 2 atom stereocenters. The number of carbonyl (C=O) groups is 1. The lowest BCUT2D eigenvalue weighted by Crippen LogP contribution is -2.44. The number of rotatable bonds is 3. The number of esters is 1. The van der Waals surface area contributed by atoms with Crippen molar-refractivity contribution in [1.82, 2.24) is 4.90 Å². The van der Waals surface area contributed by atoms with Crippen LogP contribution in [-0.4, -0.2) is 37.1 Å². The summed E-state index contributed by atoms with van der Waals surface area (Å²) >= 11 is 0. The Bertz CT molecular complexity index is 210. The van der Waals surface area contributed by atoms with Gasteiger partial charge in [0, 0.05) is 6.04 Å². The molecule has 0 aliphatic carbocycles. The lowest BCUT2D eigenvalue weighted by atomic mass is 9.95. The SMILES string of the molecule is COC(=O)C(C)C(C)N1CCC(C)CC1. The van der Waals surface area contributed by atoms with Crippen LogP contribution in [-0.2, 0) is 9.53 Å². The van der Waals surface area contributed by atoms with Crippen molar-refractivity contribution in [3.63, 3.8) is 0 Å². The Balaban J connectivity index is 2.45. The van der Waals surface area contributed by atoms with Crippen molar-refractivity contribution in [1.29, 1.82) is 0 Å². The van der Waals surface area contributed by atoms with E-state index >= 15 is 0 Å². The predicted octanol–water partition coefficient (Wildman–Crippen LogP) is 1.92. The number of likely N-dealkylation sites (tertiary alicyclic amines) is 1. The Morgan fingerprint density at radius 2 is 1.87 bits per heavy atom. The summed E-state index contributed by atoms with van der Waals surface area (Å²) < 4.78 is 4.78. The van der Waals surface area contributed by atoms with Crippen LogP contribution < -0.4 is 0 Å². The molecule has 0 aromatic rings. The van der Waals surface area contributed by atoms with Crippen LogP contribution in [0.1, 0.15) is 33.6 Å². The van der Waals surface area contributed by atoms with Crippen molar-refractivity contribution in [2.45, 2.75) is 39.7 Å². The standard InChI is InChI=1S/C12H23NO2/c1-9-5-7-13(8-6-9)11(3)10(2)12(14)15-4/h9-11H,5-8H2,1-4H3. The highest BCUT2D eigenvalue weighted by molar-refractivity contribution is 5.72. The van der Waals surface area contributed by atoms with Gasteiger partial charge in [0.1, 0.15) is 0 Å². The second-order valence-electron chi connectivity index (χ2n) is 4.77. The second-order valence-corrected chi connectivity index (χ2v) is 4.77. The number of ether oxygens (including phenoxy) is 1. The quantitative estimate of drug-likeness (QED) is 0.671. The third kappa shape index (κ3) is 3.20.